The molecular formula is C13H16OS. The predicted molar refractivity (Wildman–Crippen MR) is 68.4 cm³/mol. The summed E-state index contributed by atoms with van der Waals surface area (Å²) in [5.41, 5.74) is 2.11. The van der Waals surface area contributed by atoms with Gasteiger partial charge in [-0.2, -0.15) is 0 Å². The molecule has 0 fully saturated rings. The molecule has 0 radical (unpaired) electrons. The van der Waals surface area contributed by atoms with Gasteiger partial charge in [-0.1, -0.05) is 37.0 Å². The van der Waals surface area contributed by atoms with Crippen LogP contribution < -0.4 is 0 Å². The first-order chi connectivity index (χ1) is 7.13. The molecule has 1 unspecified atom stereocenters. The molecule has 0 amide bonds. The Balaban J connectivity index is 2.75. The molecule has 0 spiro atoms. The molecule has 0 heterocycles. The number of allylic oxidation sites excluding steroid dienone is 7. The van der Waals surface area contributed by atoms with Gasteiger partial charge in [0.2, 0.25) is 0 Å². The highest BCUT2D eigenvalue weighted by Gasteiger charge is 2.10. The average Bonchev–Trinajstić information content (AvgIpc) is 2.19. The van der Waals surface area contributed by atoms with Crippen molar-refractivity contribution in [3.05, 3.63) is 60.4 Å². The van der Waals surface area contributed by atoms with Crippen LogP contribution in [0.2, 0.25) is 0 Å². The lowest BCUT2D eigenvalue weighted by Gasteiger charge is -2.15. The van der Waals surface area contributed by atoms with Crippen LogP contribution in [0.1, 0.15) is 6.92 Å². The average molecular weight is 220 g/mol. The normalized spacial score (nSPS) is 20.5. The summed E-state index contributed by atoms with van der Waals surface area (Å²) in [4.78, 5) is 0. The summed E-state index contributed by atoms with van der Waals surface area (Å²) < 4.78 is 5.36. The minimum Gasteiger partial charge on any atom is -0.426 e. The van der Waals surface area contributed by atoms with Gasteiger partial charge in [-0.15, -0.1) is 0 Å². The van der Waals surface area contributed by atoms with E-state index in [1.54, 1.807) is 0 Å². The molecule has 1 nitrogen and oxygen atoms in total. The van der Waals surface area contributed by atoms with Crippen LogP contribution in [0, 0.1) is 5.92 Å². The van der Waals surface area contributed by atoms with E-state index in [1.807, 2.05) is 31.4 Å². The highest BCUT2D eigenvalue weighted by atomic mass is 32.2. The van der Waals surface area contributed by atoms with E-state index in [4.69, 9.17) is 4.18 Å². The van der Waals surface area contributed by atoms with Crippen molar-refractivity contribution in [2.45, 2.75) is 6.92 Å². The molecule has 0 aromatic rings. The van der Waals surface area contributed by atoms with Crippen molar-refractivity contribution in [3.63, 3.8) is 0 Å². The fraction of sp³-hybridized carbons (Fsp3) is 0.231. The van der Waals surface area contributed by atoms with Crippen molar-refractivity contribution in [1.82, 2.24) is 0 Å². The first-order valence-corrected chi connectivity index (χ1v) is 5.91. The Kier molecular flexibility index (Phi) is 4.50. The van der Waals surface area contributed by atoms with Crippen LogP contribution in [0.25, 0.3) is 0 Å². The molecule has 1 atom stereocenters. The summed E-state index contributed by atoms with van der Waals surface area (Å²) in [6, 6.07) is 0. The lowest BCUT2D eigenvalue weighted by molar-refractivity contribution is 0.516. The van der Waals surface area contributed by atoms with Crippen molar-refractivity contribution < 1.29 is 4.18 Å². The number of hydrogen-bond donors (Lipinski definition) is 0. The van der Waals surface area contributed by atoms with Gasteiger partial charge in [0, 0.05) is 12.2 Å². The zero-order chi connectivity index (χ0) is 11.3. The van der Waals surface area contributed by atoms with Crippen LogP contribution in [-0.4, -0.2) is 6.26 Å². The monoisotopic (exact) mass is 220 g/mol. The molecule has 0 aromatic heterocycles. The summed E-state index contributed by atoms with van der Waals surface area (Å²) in [6.07, 6.45) is 12.0. The highest BCUT2D eigenvalue weighted by Crippen LogP contribution is 2.24. The molecule has 2 heteroatoms. The summed E-state index contributed by atoms with van der Waals surface area (Å²) in [6.45, 7) is 9.80. The van der Waals surface area contributed by atoms with E-state index < -0.39 is 0 Å². The molecule has 15 heavy (non-hydrogen) atoms. The standard InChI is InChI=1S/C13H16OS/c1-10(2)5-7-12-9-13(14-15-4)8-6-11(12)3/h5-9,12H,1,3H2,2,4H3. The van der Waals surface area contributed by atoms with Crippen molar-refractivity contribution in [1.29, 1.82) is 0 Å². The third kappa shape index (κ3) is 3.84. The van der Waals surface area contributed by atoms with Gasteiger partial charge in [0.05, 0.1) is 12.0 Å². The molecule has 1 aliphatic rings. The zero-order valence-electron chi connectivity index (χ0n) is 9.19. The Hall–Kier alpha value is -1.15. The molecule has 0 aromatic carbocycles. The second-order valence-electron chi connectivity index (χ2n) is 3.46. The van der Waals surface area contributed by atoms with Crippen molar-refractivity contribution in [2.24, 2.45) is 5.92 Å². The van der Waals surface area contributed by atoms with Gasteiger partial charge < -0.3 is 4.18 Å². The maximum absolute atomic E-state index is 5.36. The summed E-state index contributed by atoms with van der Waals surface area (Å²) >= 11 is 1.34. The van der Waals surface area contributed by atoms with Gasteiger partial charge in [-0.05, 0) is 24.6 Å². The van der Waals surface area contributed by atoms with E-state index in [0.29, 0.717) is 0 Å². The lowest BCUT2D eigenvalue weighted by atomic mass is 9.94. The van der Waals surface area contributed by atoms with E-state index in [0.717, 1.165) is 16.9 Å². The molecule has 0 bridgehead atoms. The van der Waals surface area contributed by atoms with Gasteiger partial charge in [-0.25, -0.2) is 0 Å². The number of hydrogen-bond acceptors (Lipinski definition) is 2. The first kappa shape index (κ1) is 11.9. The Bertz CT molecular complexity index is 348. The Morgan fingerprint density at radius 3 is 2.87 bits per heavy atom. The Morgan fingerprint density at radius 2 is 2.27 bits per heavy atom. The van der Waals surface area contributed by atoms with Crippen LogP contribution in [0.5, 0.6) is 0 Å². The van der Waals surface area contributed by atoms with E-state index >= 15 is 0 Å². The van der Waals surface area contributed by atoms with Gasteiger partial charge in [0.15, 0.2) is 0 Å². The molecule has 0 saturated heterocycles. The van der Waals surface area contributed by atoms with Crippen molar-refractivity contribution in [2.75, 3.05) is 6.26 Å². The summed E-state index contributed by atoms with van der Waals surface area (Å²) in [5.74, 6) is 1.10. The fourth-order valence-electron chi connectivity index (χ4n) is 1.24. The van der Waals surface area contributed by atoms with Gasteiger partial charge in [0.1, 0.15) is 5.76 Å². The minimum absolute atomic E-state index is 0.217. The van der Waals surface area contributed by atoms with Gasteiger partial charge >= 0.3 is 0 Å². The zero-order valence-corrected chi connectivity index (χ0v) is 10.0. The SMILES string of the molecule is C=C(C)C=CC1C=C(OSC)C=CC1=C. The van der Waals surface area contributed by atoms with Crippen LogP contribution in [0.3, 0.4) is 0 Å². The largest absolute Gasteiger partial charge is 0.426 e. The molecule has 0 saturated carbocycles. The predicted octanol–water partition coefficient (Wildman–Crippen LogP) is 4.04. The minimum atomic E-state index is 0.217. The second kappa shape index (κ2) is 5.66. The highest BCUT2D eigenvalue weighted by molar-refractivity contribution is 7.94. The van der Waals surface area contributed by atoms with E-state index in [2.05, 4.69) is 25.3 Å². The van der Waals surface area contributed by atoms with Crippen LogP contribution in [-0.2, 0) is 4.18 Å². The van der Waals surface area contributed by atoms with Crippen LogP contribution in [0.15, 0.2) is 60.4 Å². The van der Waals surface area contributed by atoms with Crippen molar-refractivity contribution in [3.8, 4) is 0 Å². The lowest BCUT2D eigenvalue weighted by Crippen LogP contribution is -2.00. The second-order valence-corrected chi connectivity index (χ2v) is 3.96. The third-order valence-corrected chi connectivity index (χ3v) is 2.36. The van der Waals surface area contributed by atoms with E-state index in [-0.39, 0.29) is 5.92 Å². The summed E-state index contributed by atoms with van der Waals surface area (Å²) in [7, 11) is 0. The van der Waals surface area contributed by atoms with Gasteiger partial charge in [0.25, 0.3) is 0 Å². The van der Waals surface area contributed by atoms with Gasteiger partial charge in [-0.3, -0.25) is 0 Å². The molecule has 1 rings (SSSR count). The molecule has 1 aliphatic carbocycles. The van der Waals surface area contributed by atoms with E-state index in [1.165, 1.54) is 12.0 Å². The maximum atomic E-state index is 5.36. The van der Waals surface area contributed by atoms with Crippen LogP contribution in [0.4, 0.5) is 0 Å². The molecule has 0 N–H and O–H groups in total. The first-order valence-electron chi connectivity index (χ1n) is 4.76. The topological polar surface area (TPSA) is 9.23 Å². The summed E-state index contributed by atoms with van der Waals surface area (Å²) in [5, 5.41) is 0. The Morgan fingerprint density at radius 1 is 1.53 bits per heavy atom. The molecular weight excluding hydrogens is 204 g/mol. The number of rotatable bonds is 4. The van der Waals surface area contributed by atoms with Crippen molar-refractivity contribution >= 4 is 12.0 Å². The quantitative estimate of drug-likeness (QED) is 0.522. The van der Waals surface area contributed by atoms with Crippen LogP contribution >= 0.6 is 12.0 Å². The fourth-order valence-corrected chi connectivity index (χ4v) is 1.54. The third-order valence-electron chi connectivity index (χ3n) is 2.00. The maximum Gasteiger partial charge on any atom is 0.134 e. The van der Waals surface area contributed by atoms with E-state index in [9.17, 15) is 0 Å². The molecule has 0 aliphatic heterocycles. The Labute approximate surface area is 96.1 Å². The molecule has 80 valence electrons. The smallest absolute Gasteiger partial charge is 0.134 e.